The van der Waals surface area contributed by atoms with Crippen LogP contribution in [0.5, 0.6) is 0 Å². The quantitative estimate of drug-likeness (QED) is 0.698. The molecule has 2 aromatic rings. The number of carboxylic acid groups (broad SMARTS) is 1. The van der Waals surface area contributed by atoms with Crippen LogP contribution >= 0.6 is 23.2 Å². The van der Waals surface area contributed by atoms with E-state index < -0.39 is 5.97 Å². The number of carbonyl (C=O) groups is 1. The maximum absolute atomic E-state index is 10.8. The van der Waals surface area contributed by atoms with Gasteiger partial charge in [-0.05, 0) is 35.9 Å². The highest BCUT2D eigenvalue weighted by Gasteiger charge is 2.02. The monoisotopic (exact) mass is 307 g/mol. The first-order valence-electron chi connectivity index (χ1n) is 5.62. The Hall–Kier alpha value is -2.04. The number of hydrogen-bond acceptors (Lipinski definition) is 4. The number of hydrogen-bond donors (Lipinski definition) is 1. The number of nitrogens with zero attached hydrogens (tertiary/aromatic N) is 1. The van der Waals surface area contributed by atoms with Crippen molar-refractivity contribution in [3.05, 3.63) is 63.6 Å². The molecule has 6 heteroatoms. The molecule has 0 radical (unpaired) electrons. The lowest BCUT2D eigenvalue weighted by atomic mass is 10.2. The highest BCUT2D eigenvalue weighted by atomic mass is 35.5. The van der Waals surface area contributed by atoms with Crippen LogP contribution in [0.25, 0.3) is 0 Å². The predicted molar refractivity (Wildman–Crippen MR) is 78.5 cm³/mol. The number of carboxylic acids is 1. The van der Waals surface area contributed by atoms with Gasteiger partial charge in [-0.2, -0.15) is 5.10 Å². The summed E-state index contributed by atoms with van der Waals surface area (Å²) < 4.78 is 0. The molecular weight excluding hydrogens is 299 g/mol. The standard InChI is InChI=1S/C14H10Cl2N2O2/c15-10-3-1-2-9(6-10)8-17-18-11-4-5-13(16)12(7-11)14(19)20/h1-8,18H,(H,19,20)/p-1/b17-8-. The van der Waals surface area contributed by atoms with Crippen molar-refractivity contribution in [3.63, 3.8) is 0 Å². The second kappa shape index (κ2) is 6.41. The third-order valence-electron chi connectivity index (χ3n) is 2.44. The fourth-order valence-electron chi connectivity index (χ4n) is 1.52. The lowest BCUT2D eigenvalue weighted by Crippen LogP contribution is -2.22. The van der Waals surface area contributed by atoms with Gasteiger partial charge in [-0.1, -0.05) is 35.3 Å². The van der Waals surface area contributed by atoms with Gasteiger partial charge in [0.25, 0.3) is 0 Å². The highest BCUT2D eigenvalue weighted by molar-refractivity contribution is 6.33. The zero-order valence-electron chi connectivity index (χ0n) is 10.1. The van der Waals surface area contributed by atoms with Crippen LogP contribution in [-0.4, -0.2) is 12.2 Å². The summed E-state index contributed by atoms with van der Waals surface area (Å²) in [6.45, 7) is 0. The Balaban J connectivity index is 2.11. The first-order valence-corrected chi connectivity index (χ1v) is 6.37. The van der Waals surface area contributed by atoms with Crippen molar-refractivity contribution in [2.45, 2.75) is 0 Å². The SMILES string of the molecule is O=C([O-])c1cc(N/N=C\c2cccc(Cl)c2)ccc1Cl. The second-order valence-corrected chi connectivity index (χ2v) is 4.75. The number of benzene rings is 2. The van der Waals surface area contributed by atoms with Crippen LogP contribution in [0.4, 0.5) is 5.69 Å². The molecule has 0 aliphatic rings. The molecule has 0 saturated heterocycles. The molecule has 0 saturated carbocycles. The summed E-state index contributed by atoms with van der Waals surface area (Å²) in [4.78, 5) is 10.8. The molecule has 0 bridgehead atoms. The molecule has 0 amide bonds. The van der Waals surface area contributed by atoms with Gasteiger partial charge in [0.1, 0.15) is 0 Å². The molecule has 20 heavy (non-hydrogen) atoms. The van der Waals surface area contributed by atoms with E-state index in [0.29, 0.717) is 10.7 Å². The Labute approximate surface area is 125 Å². The molecule has 0 aliphatic carbocycles. The van der Waals surface area contributed by atoms with Crippen LogP contribution in [0.2, 0.25) is 10.0 Å². The van der Waals surface area contributed by atoms with E-state index >= 15 is 0 Å². The van der Waals surface area contributed by atoms with Crippen LogP contribution < -0.4 is 10.5 Å². The molecule has 0 aliphatic heterocycles. The maximum Gasteiger partial charge on any atom is 0.0731 e. The van der Waals surface area contributed by atoms with Crippen molar-refractivity contribution in [1.82, 2.24) is 0 Å². The summed E-state index contributed by atoms with van der Waals surface area (Å²) in [6.07, 6.45) is 1.57. The molecule has 2 rings (SSSR count). The van der Waals surface area contributed by atoms with Crippen molar-refractivity contribution < 1.29 is 9.90 Å². The minimum absolute atomic E-state index is 0.0883. The second-order valence-electron chi connectivity index (χ2n) is 3.91. The van der Waals surface area contributed by atoms with E-state index in [2.05, 4.69) is 10.5 Å². The molecule has 0 aromatic heterocycles. The van der Waals surface area contributed by atoms with Crippen molar-refractivity contribution in [2.75, 3.05) is 5.43 Å². The van der Waals surface area contributed by atoms with Gasteiger partial charge >= 0.3 is 0 Å². The van der Waals surface area contributed by atoms with E-state index in [1.165, 1.54) is 12.1 Å². The molecule has 0 fully saturated rings. The first kappa shape index (κ1) is 14.4. The van der Waals surface area contributed by atoms with Gasteiger partial charge in [0.15, 0.2) is 0 Å². The predicted octanol–water partition coefficient (Wildman–Crippen LogP) is 2.80. The molecule has 102 valence electrons. The third kappa shape index (κ3) is 3.73. The largest absolute Gasteiger partial charge is 0.545 e. The lowest BCUT2D eigenvalue weighted by molar-refractivity contribution is -0.255. The van der Waals surface area contributed by atoms with E-state index in [0.717, 1.165) is 5.56 Å². The average Bonchev–Trinajstić information content (AvgIpc) is 2.40. The maximum atomic E-state index is 10.8. The van der Waals surface area contributed by atoms with Gasteiger partial charge in [-0.3, -0.25) is 5.43 Å². The number of carbonyl (C=O) groups excluding carboxylic acids is 1. The minimum Gasteiger partial charge on any atom is -0.545 e. The van der Waals surface area contributed by atoms with Crippen LogP contribution in [0, 0.1) is 0 Å². The van der Waals surface area contributed by atoms with Crippen LogP contribution in [0.1, 0.15) is 15.9 Å². The van der Waals surface area contributed by atoms with Crippen molar-refractivity contribution in [3.8, 4) is 0 Å². The summed E-state index contributed by atoms with van der Waals surface area (Å²) in [5.41, 5.74) is 3.93. The van der Waals surface area contributed by atoms with E-state index in [-0.39, 0.29) is 10.6 Å². The van der Waals surface area contributed by atoms with Crippen molar-refractivity contribution >= 4 is 41.1 Å². The molecular formula is C14H9Cl2N2O2-. The number of nitrogens with one attached hydrogen (secondary N) is 1. The van der Waals surface area contributed by atoms with E-state index in [1.54, 1.807) is 30.5 Å². The first-order chi connectivity index (χ1) is 9.56. The summed E-state index contributed by atoms with van der Waals surface area (Å²) in [5, 5.41) is 15.6. The fourth-order valence-corrected chi connectivity index (χ4v) is 1.91. The zero-order chi connectivity index (χ0) is 14.5. The van der Waals surface area contributed by atoms with Crippen molar-refractivity contribution in [1.29, 1.82) is 0 Å². The molecule has 0 atom stereocenters. The summed E-state index contributed by atoms with van der Waals surface area (Å²) >= 11 is 11.6. The van der Waals surface area contributed by atoms with Gasteiger partial charge in [-0.15, -0.1) is 0 Å². The summed E-state index contributed by atoms with van der Waals surface area (Å²) in [7, 11) is 0. The average molecular weight is 308 g/mol. The number of anilines is 1. The Kier molecular flexibility index (Phi) is 4.61. The van der Waals surface area contributed by atoms with E-state index in [4.69, 9.17) is 23.2 Å². The Morgan fingerprint density at radius 3 is 2.70 bits per heavy atom. The Morgan fingerprint density at radius 2 is 2.00 bits per heavy atom. The minimum atomic E-state index is -1.34. The van der Waals surface area contributed by atoms with Crippen LogP contribution in [-0.2, 0) is 0 Å². The van der Waals surface area contributed by atoms with E-state index in [9.17, 15) is 9.90 Å². The Bertz CT molecular complexity index is 672. The zero-order valence-corrected chi connectivity index (χ0v) is 11.7. The smallest absolute Gasteiger partial charge is 0.0731 e. The molecule has 0 heterocycles. The number of hydrazone groups is 1. The molecule has 0 unspecified atom stereocenters. The third-order valence-corrected chi connectivity index (χ3v) is 3.01. The summed E-state index contributed by atoms with van der Waals surface area (Å²) in [6, 6.07) is 11.6. The van der Waals surface area contributed by atoms with Gasteiger partial charge in [0.2, 0.25) is 0 Å². The highest BCUT2D eigenvalue weighted by Crippen LogP contribution is 2.20. The fraction of sp³-hybridized carbons (Fsp3) is 0. The number of halogens is 2. The molecule has 1 N–H and O–H groups in total. The normalized spacial score (nSPS) is 10.7. The van der Waals surface area contributed by atoms with Gasteiger partial charge < -0.3 is 9.90 Å². The van der Waals surface area contributed by atoms with Crippen LogP contribution in [0.3, 0.4) is 0 Å². The van der Waals surface area contributed by atoms with E-state index in [1.807, 2.05) is 6.07 Å². The lowest BCUT2D eigenvalue weighted by Gasteiger charge is -2.07. The van der Waals surface area contributed by atoms with Gasteiger partial charge in [-0.25, -0.2) is 0 Å². The van der Waals surface area contributed by atoms with Crippen molar-refractivity contribution in [2.24, 2.45) is 5.10 Å². The Morgan fingerprint density at radius 1 is 1.20 bits per heavy atom. The van der Waals surface area contributed by atoms with Gasteiger partial charge in [0, 0.05) is 15.6 Å². The summed E-state index contributed by atoms with van der Waals surface area (Å²) in [5.74, 6) is -1.34. The van der Waals surface area contributed by atoms with Crippen LogP contribution in [0.15, 0.2) is 47.6 Å². The molecule has 4 nitrogen and oxygen atoms in total. The molecule has 2 aromatic carbocycles. The topological polar surface area (TPSA) is 64.5 Å². The number of rotatable bonds is 4. The van der Waals surface area contributed by atoms with Gasteiger partial charge in [0.05, 0.1) is 17.9 Å². The number of aromatic carboxylic acids is 1. The molecule has 0 spiro atoms.